The van der Waals surface area contributed by atoms with Crippen LogP contribution >= 0.6 is 0 Å². The van der Waals surface area contributed by atoms with Gasteiger partial charge in [0.25, 0.3) is 0 Å². The van der Waals surface area contributed by atoms with Gasteiger partial charge < -0.3 is 0 Å². The molecule has 0 atom stereocenters. The van der Waals surface area contributed by atoms with Gasteiger partial charge >= 0.3 is 0 Å². The van der Waals surface area contributed by atoms with Crippen molar-refractivity contribution in [1.29, 1.82) is 0 Å². The first-order chi connectivity index (χ1) is 16.9. The Morgan fingerprint density at radius 2 is 0.647 bits per heavy atom. The van der Waals surface area contributed by atoms with E-state index in [0.29, 0.717) is 0 Å². The predicted octanol–water partition coefficient (Wildman–Crippen LogP) is 9.63. The lowest BCUT2D eigenvalue weighted by Crippen LogP contribution is -1.87. The van der Waals surface area contributed by atoms with Crippen LogP contribution in [-0.2, 0) is 0 Å². The van der Waals surface area contributed by atoms with Crippen LogP contribution in [0.25, 0.3) is 65.3 Å². The van der Waals surface area contributed by atoms with Gasteiger partial charge in [-0.15, -0.1) is 0 Å². The minimum Gasteiger partial charge on any atom is -0.0616 e. The highest BCUT2D eigenvalue weighted by Crippen LogP contribution is 2.39. The van der Waals surface area contributed by atoms with Crippen LogP contribution < -0.4 is 0 Å². The van der Waals surface area contributed by atoms with Crippen LogP contribution in [0.3, 0.4) is 0 Å². The summed E-state index contributed by atoms with van der Waals surface area (Å²) in [5.74, 6) is 0. The van der Waals surface area contributed by atoms with Crippen molar-refractivity contribution in [3.8, 4) is 22.3 Å². The number of benzene rings is 7. The van der Waals surface area contributed by atoms with Crippen molar-refractivity contribution in [3.63, 3.8) is 0 Å². The molecule has 0 bridgehead atoms. The molecule has 0 aliphatic rings. The highest BCUT2D eigenvalue weighted by atomic mass is 14.2. The number of rotatable bonds is 2. The molecule has 7 aromatic carbocycles. The number of hydrogen-bond donors (Lipinski definition) is 0. The predicted molar refractivity (Wildman–Crippen MR) is 147 cm³/mol. The lowest BCUT2D eigenvalue weighted by Gasteiger charge is -2.14. The summed E-state index contributed by atoms with van der Waals surface area (Å²) in [6.07, 6.45) is 0. The van der Waals surface area contributed by atoms with Gasteiger partial charge in [-0.25, -0.2) is 0 Å². The molecule has 0 unspecified atom stereocenters. The Balaban J connectivity index is 1.51. The highest BCUT2D eigenvalue weighted by Gasteiger charge is 2.12. The maximum Gasteiger partial charge on any atom is -0.00988 e. The SMILES string of the molecule is c1cc(-c2cc3ccccc3c3ccccc23)cc(-c2cc3ccccc3c3ccccc23)c1. The monoisotopic (exact) mass is 430 g/mol. The summed E-state index contributed by atoms with van der Waals surface area (Å²) in [5.41, 5.74) is 5.05. The topological polar surface area (TPSA) is 0 Å². The summed E-state index contributed by atoms with van der Waals surface area (Å²) in [5, 5.41) is 10.4. The van der Waals surface area contributed by atoms with Gasteiger partial charge in [-0.3, -0.25) is 0 Å². The first-order valence-corrected chi connectivity index (χ1v) is 11.8. The van der Waals surface area contributed by atoms with Gasteiger partial charge in [-0.2, -0.15) is 0 Å². The molecule has 0 heterocycles. The van der Waals surface area contributed by atoms with E-state index < -0.39 is 0 Å². The maximum absolute atomic E-state index is 2.35. The van der Waals surface area contributed by atoms with Crippen LogP contribution in [0.1, 0.15) is 0 Å². The smallest absolute Gasteiger partial charge is 0.00988 e. The number of fused-ring (bicyclic) bond motifs is 6. The molecule has 34 heavy (non-hydrogen) atoms. The van der Waals surface area contributed by atoms with Gasteiger partial charge in [0.15, 0.2) is 0 Å². The molecule has 0 aliphatic carbocycles. The summed E-state index contributed by atoms with van der Waals surface area (Å²) < 4.78 is 0. The van der Waals surface area contributed by atoms with Crippen LogP contribution in [0.2, 0.25) is 0 Å². The lowest BCUT2D eigenvalue weighted by molar-refractivity contribution is 1.64. The second-order valence-electron chi connectivity index (χ2n) is 8.96. The van der Waals surface area contributed by atoms with Crippen molar-refractivity contribution in [2.45, 2.75) is 0 Å². The normalized spacial score (nSPS) is 11.5. The molecule has 158 valence electrons. The Morgan fingerprint density at radius 1 is 0.265 bits per heavy atom. The van der Waals surface area contributed by atoms with E-state index in [4.69, 9.17) is 0 Å². The highest BCUT2D eigenvalue weighted by molar-refractivity contribution is 6.15. The van der Waals surface area contributed by atoms with Crippen molar-refractivity contribution in [1.82, 2.24) is 0 Å². The molecule has 7 rings (SSSR count). The van der Waals surface area contributed by atoms with E-state index in [-0.39, 0.29) is 0 Å². The van der Waals surface area contributed by atoms with E-state index in [9.17, 15) is 0 Å². The van der Waals surface area contributed by atoms with Crippen LogP contribution in [0.15, 0.2) is 133 Å². The van der Waals surface area contributed by atoms with Crippen LogP contribution in [0.5, 0.6) is 0 Å². The standard InChI is InChI=1S/C34H22/c1-3-14-27-25(10-1)21-33(31-18-7-5-16-29(27)31)23-12-9-13-24(20-23)34-22-26-11-2-4-15-28(26)30-17-6-8-19-32(30)34/h1-22H. The minimum atomic E-state index is 1.25. The third-order valence-corrected chi connectivity index (χ3v) is 7.02. The molecular formula is C34H22. The van der Waals surface area contributed by atoms with E-state index in [2.05, 4.69) is 133 Å². The van der Waals surface area contributed by atoms with Gasteiger partial charge in [0.2, 0.25) is 0 Å². The quantitative estimate of drug-likeness (QED) is 0.239. The van der Waals surface area contributed by atoms with Crippen LogP contribution in [0.4, 0.5) is 0 Å². The zero-order chi connectivity index (χ0) is 22.5. The van der Waals surface area contributed by atoms with Gasteiger partial charge in [0.1, 0.15) is 0 Å². The minimum absolute atomic E-state index is 1.25. The molecule has 0 nitrogen and oxygen atoms in total. The fourth-order valence-corrected chi connectivity index (χ4v) is 5.44. The van der Waals surface area contributed by atoms with E-state index in [1.54, 1.807) is 0 Å². The largest absolute Gasteiger partial charge is 0.0616 e. The van der Waals surface area contributed by atoms with Crippen LogP contribution in [0, 0.1) is 0 Å². The van der Waals surface area contributed by atoms with Crippen molar-refractivity contribution in [3.05, 3.63) is 133 Å². The summed E-state index contributed by atoms with van der Waals surface area (Å²) >= 11 is 0. The molecule has 0 aromatic heterocycles. The Kier molecular flexibility index (Phi) is 4.25. The lowest BCUT2D eigenvalue weighted by atomic mass is 9.90. The van der Waals surface area contributed by atoms with Crippen LogP contribution in [-0.4, -0.2) is 0 Å². The molecular weight excluding hydrogens is 408 g/mol. The van der Waals surface area contributed by atoms with E-state index in [1.807, 2.05) is 0 Å². The molecule has 0 amide bonds. The average Bonchev–Trinajstić information content (AvgIpc) is 2.92. The summed E-state index contributed by atoms with van der Waals surface area (Å²) in [6, 6.07) is 48.6. The summed E-state index contributed by atoms with van der Waals surface area (Å²) in [7, 11) is 0. The Labute approximate surface area is 198 Å². The van der Waals surface area contributed by atoms with E-state index in [1.165, 1.54) is 65.3 Å². The van der Waals surface area contributed by atoms with Crippen molar-refractivity contribution in [2.75, 3.05) is 0 Å². The number of hydrogen-bond acceptors (Lipinski definition) is 0. The third kappa shape index (κ3) is 2.93. The first kappa shape index (κ1) is 19.1. The fraction of sp³-hybridized carbons (Fsp3) is 0. The molecule has 0 saturated heterocycles. The zero-order valence-corrected chi connectivity index (χ0v) is 18.7. The third-order valence-electron chi connectivity index (χ3n) is 7.02. The molecule has 0 aliphatic heterocycles. The second-order valence-corrected chi connectivity index (χ2v) is 8.96. The molecule has 0 N–H and O–H groups in total. The van der Waals surface area contributed by atoms with Crippen molar-refractivity contribution in [2.24, 2.45) is 0 Å². The molecule has 0 saturated carbocycles. The molecule has 0 fully saturated rings. The van der Waals surface area contributed by atoms with E-state index in [0.717, 1.165) is 0 Å². The zero-order valence-electron chi connectivity index (χ0n) is 18.7. The molecule has 0 heteroatoms. The van der Waals surface area contributed by atoms with E-state index >= 15 is 0 Å². The van der Waals surface area contributed by atoms with Crippen molar-refractivity contribution >= 4 is 43.1 Å². The van der Waals surface area contributed by atoms with Crippen molar-refractivity contribution < 1.29 is 0 Å². The van der Waals surface area contributed by atoms with Gasteiger partial charge in [-0.1, -0.05) is 115 Å². The summed E-state index contributed by atoms with van der Waals surface area (Å²) in [4.78, 5) is 0. The Hall–Kier alpha value is -4.42. The molecule has 0 radical (unpaired) electrons. The molecule has 7 aromatic rings. The first-order valence-electron chi connectivity index (χ1n) is 11.8. The maximum atomic E-state index is 2.35. The second kappa shape index (κ2) is 7.57. The summed E-state index contributed by atoms with van der Waals surface area (Å²) in [6.45, 7) is 0. The average molecular weight is 431 g/mol. The Bertz CT molecular complexity index is 1720. The Morgan fingerprint density at radius 3 is 1.12 bits per heavy atom. The van der Waals surface area contributed by atoms with Gasteiger partial charge in [0.05, 0.1) is 0 Å². The van der Waals surface area contributed by atoms with Gasteiger partial charge in [-0.05, 0) is 83.5 Å². The molecule has 0 spiro atoms. The van der Waals surface area contributed by atoms with Gasteiger partial charge in [0, 0.05) is 0 Å². The fourth-order valence-electron chi connectivity index (χ4n) is 5.44.